The molecule has 0 atom stereocenters. The van der Waals surface area contributed by atoms with Crippen molar-refractivity contribution in [3.63, 3.8) is 0 Å². The van der Waals surface area contributed by atoms with Crippen molar-refractivity contribution >= 4 is 11.5 Å². The highest BCUT2D eigenvalue weighted by atomic mass is 16.1. The van der Waals surface area contributed by atoms with Crippen molar-refractivity contribution in [1.29, 1.82) is 0 Å². The molecule has 3 aromatic rings. The van der Waals surface area contributed by atoms with Crippen LogP contribution >= 0.6 is 0 Å². The van der Waals surface area contributed by atoms with Crippen LogP contribution in [0.5, 0.6) is 0 Å². The summed E-state index contributed by atoms with van der Waals surface area (Å²) >= 11 is 0. The summed E-state index contributed by atoms with van der Waals surface area (Å²) in [5.74, 6) is 2.12. The van der Waals surface area contributed by atoms with Gasteiger partial charge < -0.3 is 9.88 Å². The van der Waals surface area contributed by atoms with E-state index in [1.54, 1.807) is 6.07 Å². The molecule has 0 amide bonds. The minimum absolute atomic E-state index is 0.0640. The second-order valence-electron chi connectivity index (χ2n) is 7.42. The molecule has 27 heavy (non-hydrogen) atoms. The maximum atomic E-state index is 11.8. The summed E-state index contributed by atoms with van der Waals surface area (Å²) in [6.45, 7) is 9.92. The van der Waals surface area contributed by atoms with Gasteiger partial charge in [0.2, 0.25) is 0 Å². The summed E-state index contributed by atoms with van der Waals surface area (Å²) in [6, 6.07) is 3.81. The average Bonchev–Trinajstić information content (AvgIpc) is 2.94. The molecule has 142 valence electrons. The second-order valence-corrected chi connectivity index (χ2v) is 7.42. The maximum absolute atomic E-state index is 11.8. The molecule has 1 aliphatic heterocycles. The molecule has 0 unspecified atom stereocenters. The Labute approximate surface area is 158 Å². The highest BCUT2D eigenvalue weighted by molar-refractivity contribution is 5.57. The van der Waals surface area contributed by atoms with Crippen LogP contribution in [-0.4, -0.2) is 37.7 Å². The van der Waals surface area contributed by atoms with Crippen LogP contribution in [-0.2, 0) is 6.42 Å². The van der Waals surface area contributed by atoms with Crippen molar-refractivity contribution in [1.82, 2.24) is 24.6 Å². The fourth-order valence-corrected chi connectivity index (χ4v) is 3.88. The Kier molecular flexibility index (Phi) is 4.45. The van der Waals surface area contributed by atoms with E-state index in [2.05, 4.69) is 34.8 Å². The van der Waals surface area contributed by atoms with Gasteiger partial charge in [-0.2, -0.15) is 9.61 Å². The molecular weight excluding hydrogens is 340 g/mol. The van der Waals surface area contributed by atoms with E-state index < -0.39 is 0 Å². The second kappa shape index (κ2) is 6.79. The van der Waals surface area contributed by atoms with Gasteiger partial charge in [0.25, 0.3) is 5.56 Å². The lowest BCUT2D eigenvalue weighted by Crippen LogP contribution is -2.35. The first-order valence-electron chi connectivity index (χ1n) is 9.65. The zero-order chi connectivity index (χ0) is 19.1. The topological polar surface area (TPSA) is 79.2 Å². The van der Waals surface area contributed by atoms with Gasteiger partial charge >= 0.3 is 0 Å². The van der Waals surface area contributed by atoms with Gasteiger partial charge in [-0.3, -0.25) is 4.79 Å². The molecule has 7 heteroatoms. The predicted octanol–water partition coefficient (Wildman–Crippen LogP) is 2.68. The summed E-state index contributed by atoms with van der Waals surface area (Å²) in [6.07, 6.45) is 2.85. The zero-order valence-electron chi connectivity index (χ0n) is 16.4. The van der Waals surface area contributed by atoms with Crippen LogP contribution in [0.3, 0.4) is 0 Å². The van der Waals surface area contributed by atoms with Crippen molar-refractivity contribution < 1.29 is 0 Å². The van der Waals surface area contributed by atoms with Crippen LogP contribution in [0.1, 0.15) is 54.2 Å². The van der Waals surface area contributed by atoms with E-state index >= 15 is 0 Å². The monoisotopic (exact) mass is 366 g/mol. The molecule has 7 nitrogen and oxygen atoms in total. The van der Waals surface area contributed by atoms with Gasteiger partial charge in [-0.05, 0) is 40.0 Å². The third kappa shape index (κ3) is 3.22. The van der Waals surface area contributed by atoms with E-state index in [4.69, 9.17) is 10.1 Å². The Morgan fingerprint density at radius 3 is 2.56 bits per heavy atom. The molecule has 0 aliphatic carbocycles. The number of rotatable bonds is 3. The number of H-pyrrole nitrogens is 1. The SMILES string of the molecule is CCc1cc(N2CCC(c3cc(=O)[nH]c(C)n3)CC2)n2nc(C)c(C)c2n1. The van der Waals surface area contributed by atoms with Crippen molar-refractivity contribution in [3.8, 4) is 0 Å². The molecule has 1 N–H and O–H groups in total. The van der Waals surface area contributed by atoms with Gasteiger partial charge in [0, 0.05) is 42.4 Å². The number of nitrogens with one attached hydrogen (secondary N) is 1. The minimum Gasteiger partial charge on any atom is -0.356 e. The Hall–Kier alpha value is -2.70. The first-order chi connectivity index (χ1) is 13.0. The van der Waals surface area contributed by atoms with E-state index in [0.717, 1.165) is 66.5 Å². The number of aryl methyl sites for hydroxylation is 4. The molecule has 4 rings (SSSR count). The molecule has 0 saturated carbocycles. The standard InChI is InChI=1S/C20H26N6O/c1-5-16-10-19(26-20(23-16)12(2)13(3)24-26)25-8-6-15(7-9-25)17-11-18(27)22-14(4)21-17/h10-11,15H,5-9H2,1-4H3,(H,21,22,27). The highest BCUT2D eigenvalue weighted by Crippen LogP contribution is 2.30. The number of hydrogen-bond acceptors (Lipinski definition) is 5. The maximum Gasteiger partial charge on any atom is 0.251 e. The smallest absolute Gasteiger partial charge is 0.251 e. The van der Waals surface area contributed by atoms with Crippen LogP contribution in [0.25, 0.3) is 5.65 Å². The van der Waals surface area contributed by atoms with Crippen molar-refractivity contribution in [2.45, 2.75) is 52.9 Å². The summed E-state index contributed by atoms with van der Waals surface area (Å²) in [5, 5.41) is 4.72. The molecule has 1 fully saturated rings. The highest BCUT2D eigenvalue weighted by Gasteiger charge is 2.25. The quantitative estimate of drug-likeness (QED) is 0.771. The summed E-state index contributed by atoms with van der Waals surface area (Å²) in [4.78, 5) is 26.2. The van der Waals surface area contributed by atoms with Crippen molar-refractivity contribution in [2.75, 3.05) is 18.0 Å². The van der Waals surface area contributed by atoms with Gasteiger partial charge in [0.1, 0.15) is 11.6 Å². The van der Waals surface area contributed by atoms with E-state index in [0.29, 0.717) is 11.7 Å². The van der Waals surface area contributed by atoms with Gasteiger partial charge in [-0.15, -0.1) is 0 Å². The molecule has 0 spiro atoms. The van der Waals surface area contributed by atoms with Gasteiger partial charge in [0.05, 0.1) is 11.4 Å². The molecular formula is C20H26N6O. The van der Waals surface area contributed by atoms with Crippen molar-refractivity contribution in [2.24, 2.45) is 0 Å². The average molecular weight is 366 g/mol. The van der Waals surface area contributed by atoms with E-state index in [9.17, 15) is 4.79 Å². The lowest BCUT2D eigenvalue weighted by molar-refractivity contribution is 0.489. The number of aromatic nitrogens is 5. The lowest BCUT2D eigenvalue weighted by Gasteiger charge is -2.33. The third-order valence-electron chi connectivity index (χ3n) is 5.57. The number of nitrogens with zero attached hydrogens (tertiary/aromatic N) is 5. The van der Waals surface area contributed by atoms with Gasteiger partial charge in [0.15, 0.2) is 5.65 Å². The van der Waals surface area contributed by atoms with Crippen LogP contribution in [0, 0.1) is 20.8 Å². The minimum atomic E-state index is -0.0640. The Morgan fingerprint density at radius 1 is 1.15 bits per heavy atom. The number of hydrogen-bond donors (Lipinski definition) is 1. The third-order valence-corrected chi connectivity index (χ3v) is 5.57. The lowest BCUT2D eigenvalue weighted by atomic mass is 9.93. The molecule has 0 aromatic carbocycles. The van der Waals surface area contributed by atoms with E-state index in [1.165, 1.54) is 0 Å². The van der Waals surface area contributed by atoms with Crippen molar-refractivity contribution in [3.05, 3.63) is 51.0 Å². The first-order valence-corrected chi connectivity index (χ1v) is 9.65. The zero-order valence-corrected chi connectivity index (χ0v) is 16.4. The summed E-state index contributed by atoms with van der Waals surface area (Å²) < 4.78 is 1.99. The van der Waals surface area contributed by atoms with Crippen LogP contribution in [0.15, 0.2) is 16.9 Å². The molecule has 1 saturated heterocycles. The summed E-state index contributed by atoms with van der Waals surface area (Å²) in [5.41, 5.74) is 5.06. The molecule has 4 heterocycles. The molecule has 0 radical (unpaired) electrons. The molecule has 1 aliphatic rings. The number of anilines is 1. The van der Waals surface area contributed by atoms with E-state index in [-0.39, 0.29) is 5.56 Å². The first kappa shape index (κ1) is 17.7. The predicted molar refractivity (Wildman–Crippen MR) is 106 cm³/mol. The Balaban J connectivity index is 1.63. The van der Waals surface area contributed by atoms with Crippen LogP contribution < -0.4 is 10.5 Å². The number of aromatic amines is 1. The number of piperidine rings is 1. The molecule has 0 bridgehead atoms. The number of fused-ring (bicyclic) bond motifs is 1. The Bertz CT molecular complexity index is 1040. The Morgan fingerprint density at radius 2 is 1.89 bits per heavy atom. The fourth-order valence-electron chi connectivity index (χ4n) is 3.88. The van der Waals surface area contributed by atoms with Gasteiger partial charge in [-0.25, -0.2) is 9.97 Å². The fraction of sp³-hybridized carbons (Fsp3) is 0.500. The van der Waals surface area contributed by atoms with Gasteiger partial charge in [-0.1, -0.05) is 6.92 Å². The largest absolute Gasteiger partial charge is 0.356 e. The molecule has 3 aromatic heterocycles. The normalized spacial score (nSPS) is 15.6. The van der Waals surface area contributed by atoms with E-state index in [1.807, 2.05) is 18.4 Å². The van der Waals surface area contributed by atoms with Crippen LogP contribution in [0.4, 0.5) is 5.82 Å². The summed E-state index contributed by atoms with van der Waals surface area (Å²) in [7, 11) is 0. The van der Waals surface area contributed by atoms with Crippen LogP contribution in [0.2, 0.25) is 0 Å².